The fourth-order valence-electron chi connectivity index (χ4n) is 1.93. The third-order valence-electron chi connectivity index (χ3n) is 3.32. The number of carbonyl (C=O) groups excluding carboxylic acids is 1. The molecule has 24 heavy (non-hydrogen) atoms. The first-order valence-corrected chi connectivity index (χ1v) is 9.15. The maximum absolute atomic E-state index is 11.9. The van der Waals surface area contributed by atoms with Crippen LogP contribution < -0.4 is 10.1 Å². The van der Waals surface area contributed by atoms with Crippen LogP contribution in [0.5, 0.6) is 5.75 Å². The number of hydrogen-bond acceptors (Lipinski definition) is 3. The van der Waals surface area contributed by atoms with Gasteiger partial charge in [-0.3, -0.25) is 9.79 Å². The number of rotatable bonds is 4. The number of ether oxygens (including phenoxy) is 1. The molecule has 1 amide bonds. The number of nitrogens with one attached hydrogen (secondary N) is 1. The maximum atomic E-state index is 11.9. The first-order valence-electron chi connectivity index (χ1n) is 9.15. The molecule has 1 aromatic carbocycles. The summed E-state index contributed by atoms with van der Waals surface area (Å²) in [6.07, 6.45) is 2.20. The van der Waals surface area contributed by atoms with Crippen molar-refractivity contribution >= 4 is 11.7 Å². The Labute approximate surface area is 147 Å². The van der Waals surface area contributed by atoms with E-state index in [1.165, 1.54) is 6.42 Å². The first-order chi connectivity index (χ1) is 11.5. The molecular weight excluding hydrogens is 300 g/mol. The highest BCUT2D eigenvalue weighted by Crippen LogP contribution is 2.22. The van der Waals surface area contributed by atoms with Crippen molar-refractivity contribution in [2.75, 3.05) is 6.61 Å². The first kappa shape index (κ1) is 22.2. The zero-order valence-electron chi connectivity index (χ0n) is 16.3. The summed E-state index contributed by atoms with van der Waals surface area (Å²) in [7, 11) is 0. The molecule has 0 saturated heterocycles. The van der Waals surface area contributed by atoms with Gasteiger partial charge in [-0.25, -0.2) is 0 Å². The summed E-state index contributed by atoms with van der Waals surface area (Å²) in [5.74, 6) is 1.31. The van der Waals surface area contributed by atoms with Gasteiger partial charge in [0.25, 0.3) is 0 Å². The molecule has 1 aromatic rings. The van der Waals surface area contributed by atoms with E-state index in [1.807, 2.05) is 52.0 Å². The number of amides is 1. The molecule has 0 fully saturated rings. The summed E-state index contributed by atoms with van der Waals surface area (Å²) in [5, 5.41) is 2.86. The van der Waals surface area contributed by atoms with Gasteiger partial charge in [0.1, 0.15) is 11.6 Å². The highest BCUT2D eigenvalue weighted by atomic mass is 16.5. The summed E-state index contributed by atoms with van der Waals surface area (Å²) in [5.41, 5.74) is 0.850. The van der Waals surface area contributed by atoms with Crippen molar-refractivity contribution in [1.82, 2.24) is 5.32 Å². The zero-order valence-corrected chi connectivity index (χ0v) is 16.3. The Morgan fingerprint density at radius 1 is 1.12 bits per heavy atom. The quantitative estimate of drug-likeness (QED) is 0.858. The Morgan fingerprint density at radius 3 is 2.25 bits per heavy atom. The van der Waals surface area contributed by atoms with Crippen LogP contribution >= 0.6 is 0 Å². The molecule has 2 atom stereocenters. The van der Waals surface area contributed by atoms with Crippen molar-refractivity contribution in [3.63, 3.8) is 0 Å². The van der Waals surface area contributed by atoms with Gasteiger partial charge in [0, 0.05) is 0 Å². The number of aliphatic imine (C=N–C) groups is 1. The van der Waals surface area contributed by atoms with Gasteiger partial charge in [0.15, 0.2) is 0 Å². The molecule has 2 unspecified atom stereocenters. The minimum Gasteiger partial charge on any atom is -0.493 e. The van der Waals surface area contributed by atoms with E-state index >= 15 is 0 Å². The molecule has 0 saturated carbocycles. The molecule has 0 spiro atoms. The third-order valence-corrected chi connectivity index (χ3v) is 3.32. The largest absolute Gasteiger partial charge is 0.493 e. The maximum Gasteiger partial charge on any atom is 0.230 e. The highest BCUT2D eigenvalue weighted by molar-refractivity contribution is 6.11. The van der Waals surface area contributed by atoms with E-state index in [0.29, 0.717) is 12.4 Å². The van der Waals surface area contributed by atoms with Crippen LogP contribution in [0.2, 0.25) is 0 Å². The number of amidine groups is 1. The molecule has 0 aromatic heterocycles. The number of hydrogen-bond donors (Lipinski definition) is 1. The summed E-state index contributed by atoms with van der Waals surface area (Å²) >= 11 is 0. The summed E-state index contributed by atoms with van der Waals surface area (Å²) in [6, 6.07) is 7.66. The number of benzene rings is 1. The van der Waals surface area contributed by atoms with Crippen molar-refractivity contribution in [2.45, 2.75) is 67.3 Å². The lowest BCUT2D eigenvalue weighted by atomic mass is 10.0. The van der Waals surface area contributed by atoms with Crippen LogP contribution in [0.1, 0.15) is 66.9 Å². The van der Waals surface area contributed by atoms with E-state index in [0.717, 1.165) is 17.7 Å². The van der Waals surface area contributed by atoms with E-state index in [-0.39, 0.29) is 17.9 Å². The zero-order chi connectivity index (χ0) is 18.5. The molecule has 0 radical (unpaired) electrons. The molecular formula is C20H34N2O2. The van der Waals surface area contributed by atoms with E-state index in [9.17, 15) is 4.79 Å². The standard InChI is InChI=1S/C15H20N2O2.C3H8.C2H6/c1-4-9-19-13-8-6-5-7-12(13)14-16-11(3)10(2)15(18)17-14;1-3-2;1-2/h5-8,10-11H,4,9H2,1-3H3,(H,16,17,18);3H2,1-2H3;1-2H3. The molecule has 4 heteroatoms. The fourth-order valence-corrected chi connectivity index (χ4v) is 1.93. The molecule has 1 aliphatic rings. The van der Waals surface area contributed by atoms with E-state index in [4.69, 9.17) is 4.74 Å². The lowest BCUT2D eigenvalue weighted by Crippen LogP contribution is -2.44. The molecule has 0 aliphatic carbocycles. The second-order valence-corrected chi connectivity index (χ2v) is 5.55. The molecule has 136 valence electrons. The van der Waals surface area contributed by atoms with Crippen LogP contribution in [0.15, 0.2) is 29.3 Å². The van der Waals surface area contributed by atoms with E-state index in [1.54, 1.807) is 0 Å². The smallest absolute Gasteiger partial charge is 0.230 e. The van der Waals surface area contributed by atoms with Crippen molar-refractivity contribution in [2.24, 2.45) is 10.9 Å². The predicted molar refractivity (Wildman–Crippen MR) is 103 cm³/mol. The number of carbonyl (C=O) groups is 1. The SMILES string of the molecule is CC.CCC.CCCOc1ccccc1C1=NC(C)C(C)C(=O)N1. The van der Waals surface area contributed by atoms with Crippen LogP contribution in [0.3, 0.4) is 0 Å². The van der Waals surface area contributed by atoms with Crippen molar-refractivity contribution in [3.8, 4) is 5.75 Å². The Bertz CT molecular complexity index is 512. The van der Waals surface area contributed by atoms with Crippen molar-refractivity contribution < 1.29 is 9.53 Å². The molecule has 1 aliphatic heterocycles. The Kier molecular flexibility index (Phi) is 11.6. The monoisotopic (exact) mass is 334 g/mol. The molecule has 0 bridgehead atoms. The summed E-state index contributed by atoms with van der Waals surface area (Å²) in [6.45, 7) is 14.8. The number of nitrogens with zero attached hydrogens (tertiary/aromatic N) is 1. The number of para-hydroxylation sites is 1. The fraction of sp³-hybridized carbons (Fsp3) is 0.600. The minimum absolute atomic E-state index is 0.0111. The average Bonchev–Trinajstić information content (AvgIpc) is 2.60. The van der Waals surface area contributed by atoms with Crippen LogP contribution in [0, 0.1) is 5.92 Å². The second kappa shape index (κ2) is 12.6. The topological polar surface area (TPSA) is 50.7 Å². The highest BCUT2D eigenvalue weighted by Gasteiger charge is 2.27. The van der Waals surface area contributed by atoms with Gasteiger partial charge in [0.2, 0.25) is 5.91 Å². The Hall–Kier alpha value is -1.84. The molecule has 1 heterocycles. The normalized spacial score (nSPS) is 19.0. The molecule has 1 N–H and O–H groups in total. The van der Waals surface area contributed by atoms with Crippen LogP contribution in [-0.2, 0) is 4.79 Å². The summed E-state index contributed by atoms with van der Waals surface area (Å²) < 4.78 is 5.70. The Morgan fingerprint density at radius 2 is 1.71 bits per heavy atom. The van der Waals surface area contributed by atoms with Gasteiger partial charge in [-0.15, -0.1) is 0 Å². The molecule has 4 nitrogen and oxygen atoms in total. The van der Waals surface area contributed by atoms with Crippen LogP contribution in [0.25, 0.3) is 0 Å². The van der Waals surface area contributed by atoms with Gasteiger partial charge < -0.3 is 10.1 Å². The minimum atomic E-state index is -0.0903. The van der Waals surface area contributed by atoms with Crippen molar-refractivity contribution in [1.29, 1.82) is 0 Å². The average molecular weight is 335 g/mol. The van der Waals surface area contributed by atoms with Crippen LogP contribution in [0.4, 0.5) is 0 Å². The van der Waals surface area contributed by atoms with E-state index in [2.05, 4.69) is 31.1 Å². The van der Waals surface area contributed by atoms with Crippen molar-refractivity contribution in [3.05, 3.63) is 29.8 Å². The van der Waals surface area contributed by atoms with Gasteiger partial charge >= 0.3 is 0 Å². The van der Waals surface area contributed by atoms with Gasteiger partial charge in [-0.05, 0) is 25.5 Å². The predicted octanol–water partition coefficient (Wildman–Crippen LogP) is 4.82. The van der Waals surface area contributed by atoms with Gasteiger partial charge in [0.05, 0.1) is 24.1 Å². The van der Waals surface area contributed by atoms with Gasteiger partial charge in [-0.2, -0.15) is 0 Å². The molecule has 2 rings (SSSR count). The second-order valence-electron chi connectivity index (χ2n) is 5.55. The van der Waals surface area contributed by atoms with Gasteiger partial charge in [-0.1, -0.05) is 60.1 Å². The summed E-state index contributed by atoms with van der Waals surface area (Å²) in [4.78, 5) is 16.4. The lowest BCUT2D eigenvalue weighted by molar-refractivity contribution is -0.123. The van der Waals surface area contributed by atoms with E-state index < -0.39 is 0 Å². The lowest BCUT2D eigenvalue weighted by Gasteiger charge is -2.24. The Balaban J connectivity index is 0.000000952. The van der Waals surface area contributed by atoms with Crippen LogP contribution in [-0.4, -0.2) is 24.4 Å². The third kappa shape index (κ3) is 6.73.